The molecule has 3 heterocycles. The number of nitrogens with one attached hydrogen (secondary N) is 4. The highest BCUT2D eigenvalue weighted by molar-refractivity contribution is 5.64. The smallest absolute Gasteiger partial charge is 0.0753 e. The van der Waals surface area contributed by atoms with Crippen LogP contribution in [0.2, 0.25) is 0 Å². The van der Waals surface area contributed by atoms with Gasteiger partial charge in [0.1, 0.15) is 0 Å². The molecule has 1 unspecified atom stereocenters. The van der Waals surface area contributed by atoms with Crippen LogP contribution in [-0.2, 0) is 0 Å². The summed E-state index contributed by atoms with van der Waals surface area (Å²) in [5.74, 6) is 0. The number of hydrogen-bond acceptors (Lipinski definition) is 4. The van der Waals surface area contributed by atoms with E-state index in [4.69, 9.17) is 0 Å². The van der Waals surface area contributed by atoms with Gasteiger partial charge in [0.05, 0.1) is 11.7 Å². The Kier molecular flexibility index (Phi) is 3.22. The third-order valence-corrected chi connectivity index (χ3v) is 4.64. The van der Waals surface area contributed by atoms with Crippen molar-refractivity contribution in [1.82, 2.24) is 16.1 Å². The van der Waals surface area contributed by atoms with Crippen LogP contribution in [0.3, 0.4) is 0 Å². The van der Waals surface area contributed by atoms with Crippen LogP contribution in [0.4, 0.5) is 5.69 Å². The van der Waals surface area contributed by atoms with Gasteiger partial charge in [-0.3, -0.25) is 0 Å². The largest absolute Gasteiger partial charge is 0.320 e. The van der Waals surface area contributed by atoms with Crippen LogP contribution in [0.15, 0.2) is 29.8 Å². The fourth-order valence-electron chi connectivity index (χ4n) is 3.61. The Hall–Kier alpha value is -1.36. The van der Waals surface area contributed by atoms with E-state index in [9.17, 15) is 0 Å². The van der Waals surface area contributed by atoms with Gasteiger partial charge in [0.25, 0.3) is 0 Å². The van der Waals surface area contributed by atoms with Crippen LogP contribution in [-0.4, -0.2) is 19.6 Å². The standard InChI is InChI=1S/C16H22N4/c1-5-12(14-7-3-9-18-14)16-13(6-1)15(19-20-16)11-4-2-8-17-10-11/h1,4-6,14-15,17-20H,2-3,7-10H2/t14-,15?/m1/s1. The second kappa shape index (κ2) is 5.20. The molecule has 2 atom stereocenters. The maximum atomic E-state index is 3.60. The summed E-state index contributed by atoms with van der Waals surface area (Å²) in [6, 6.07) is 7.54. The van der Waals surface area contributed by atoms with Crippen molar-refractivity contribution in [3.8, 4) is 0 Å². The molecule has 3 aliphatic heterocycles. The number of anilines is 1. The van der Waals surface area contributed by atoms with Gasteiger partial charge in [0.2, 0.25) is 0 Å². The second-order valence-corrected chi connectivity index (χ2v) is 5.91. The number of hydrazine groups is 1. The van der Waals surface area contributed by atoms with Gasteiger partial charge in [0, 0.05) is 12.6 Å². The Morgan fingerprint density at radius 2 is 2.05 bits per heavy atom. The first-order chi connectivity index (χ1) is 9.93. The molecule has 1 aromatic carbocycles. The van der Waals surface area contributed by atoms with Crippen LogP contribution < -0.4 is 21.5 Å². The van der Waals surface area contributed by atoms with Crippen LogP contribution in [0, 0.1) is 0 Å². The molecule has 106 valence electrons. The molecule has 0 bridgehead atoms. The highest BCUT2D eigenvalue weighted by Crippen LogP contribution is 2.39. The minimum Gasteiger partial charge on any atom is -0.320 e. The molecular weight excluding hydrogens is 248 g/mol. The van der Waals surface area contributed by atoms with E-state index in [1.165, 1.54) is 35.2 Å². The first-order valence-corrected chi connectivity index (χ1v) is 7.71. The van der Waals surface area contributed by atoms with E-state index in [1.54, 1.807) is 0 Å². The minimum atomic E-state index is 0.319. The summed E-state index contributed by atoms with van der Waals surface area (Å²) in [6.07, 6.45) is 6.03. The lowest BCUT2D eigenvalue weighted by Gasteiger charge is -2.20. The van der Waals surface area contributed by atoms with Crippen molar-refractivity contribution in [1.29, 1.82) is 0 Å². The molecule has 0 radical (unpaired) electrons. The molecule has 1 fully saturated rings. The van der Waals surface area contributed by atoms with Gasteiger partial charge in [0.15, 0.2) is 0 Å². The van der Waals surface area contributed by atoms with Crippen molar-refractivity contribution in [3.63, 3.8) is 0 Å². The molecule has 0 aliphatic carbocycles. The quantitative estimate of drug-likeness (QED) is 0.621. The van der Waals surface area contributed by atoms with Gasteiger partial charge in [-0.15, -0.1) is 0 Å². The Balaban J connectivity index is 1.68. The van der Waals surface area contributed by atoms with Crippen molar-refractivity contribution in [2.75, 3.05) is 25.1 Å². The molecule has 4 nitrogen and oxygen atoms in total. The Bertz CT molecular complexity index is 531. The summed E-state index contributed by atoms with van der Waals surface area (Å²) >= 11 is 0. The van der Waals surface area contributed by atoms with Crippen molar-refractivity contribution in [2.45, 2.75) is 31.3 Å². The van der Waals surface area contributed by atoms with Gasteiger partial charge in [-0.25, -0.2) is 5.43 Å². The van der Waals surface area contributed by atoms with Gasteiger partial charge >= 0.3 is 0 Å². The molecule has 1 saturated heterocycles. The average Bonchev–Trinajstić information content (AvgIpc) is 3.17. The van der Waals surface area contributed by atoms with E-state index in [1.807, 2.05) is 0 Å². The third-order valence-electron chi connectivity index (χ3n) is 4.64. The summed E-state index contributed by atoms with van der Waals surface area (Å²) in [4.78, 5) is 0. The first kappa shape index (κ1) is 12.4. The minimum absolute atomic E-state index is 0.319. The Morgan fingerprint density at radius 3 is 2.85 bits per heavy atom. The third kappa shape index (κ3) is 2.04. The fourth-order valence-corrected chi connectivity index (χ4v) is 3.61. The lowest BCUT2D eigenvalue weighted by atomic mass is 9.93. The fraction of sp³-hybridized carbons (Fsp3) is 0.500. The zero-order valence-electron chi connectivity index (χ0n) is 11.7. The predicted octanol–water partition coefficient (Wildman–Crippen LogP) is 2.00. The van der Waals surface area contributed by atoms with E-state index >= 15 is 0 Å². The number of benzene rings is 1. The summed E-state index contributed by atoms with van der Waals surface area (Å²) in [5.41, 5.74) is 12.5. The molecule has 0 spiro atoms. The molecule has 4 heteroatoms. The predicted molar refractivity (Wildman–Crippen MR) is 81.5 cm³/mol. The van der Waals surface area contributed by atoms with E-state index in [0.29, 0.717) is 12.1 Å². The summed E-state index contributed by atoms with van der Waals surface area (Å²) in [7, 11) is 0. The van der Waals surface area contributed by atoms with Gasteiger partial charge in [-0.05, 0) is 49.1 Å². The number of para-hydroxylation sites is 1. The normalized spacial score (nSPS) is 28.9. The molecular formula is C16H22N4. The highest BCUT2D eigenvalue weighted by atomic mass is 15.4. The van der Waals surface area contributed by atoms with Crippen molar-refractivity contribution < 1.29 is 0 Å². The zero-order chi connectivity index (χ0) is 13.4. The molecule has 0 amide bonds. The molecule has 0 aromatic heterocycles. The number of hydrogen-bond donors (Lipinski definition) is 4. The molecule has 0 saturated carbocycles. The molecule has 20 heavy (non-hydrogen) atoms. The van der Waals surface area contributed by atoms with E-state index < -0.39 is 0 Å². The van der Waals surface area contributed by atoms with Crippen molar-refractivity contribution in [2.24, 2.45) is 0 Å². The molecule has 4 rings (SSSR count). The SMILES string of the molecule is C1=C(C2NNc3c2cccc3[C@H]2CCCN2)CNCC1. The number of rotatable bonds is 2. The van der Waals surface area contributed by atoms with Crippen LogP contribution in [0.5, 0.6) is 0 Å². The van der Waals surface area contributed by atoms with Crippen molar-refractivity contribution >= 4 is 5.69 Å². The number of fused-ring (bicyclic) bond motifs is 1. The second-order valence-electron chi connectivity index (χ2n) is 5.91. The summed E-state index contributed by atoms with van der Waals surface area (Å²) in [6.45, 7) is 3.23. The monoisotopic (exact) mass is 270 g/mol. The van der Waals surface area contributed by atoms with Gasteiger partial charge in [-0.2, -0.15) is 0 Å². The van der Waals surface area contributed by atoms with Crippen molar-refractivity contribution in [3.05, 3.63) is 41.0 Å². The van der Waals surface area contributed by atoms with Gasteiger partial charge < -0.3 is 16.1 Å². The van der Waals surface area contributed by atoms with Crippen LogP contribution >= 0.6 is 0 Å². The van der Waals surface area contributed by atoms with Gasteiger partial charge in [-0.1, -0.05) is 24.3 Å². The van der Waals surface area contributed by atoms with Crippen LogP contribution in [0.1, 0.15) is 42.5 Å². The molecule has 4 N–H and O–H groups in total. The maximum absolute atomic E-state index is 3.60. The van der Waals surface area contributed by atoms with E-state index in [0.717, 1.165) is 26.1 Å². The topological polar surface area (TPSA) is 48.1 Å². The average molecular weight is 270 g/mol. The molecule has 1 aromatic rings. The van der Waals surface area contributed by atoms with E-state index in [-0.39, 0.29) is 0 Å². The highest BCUT2D eigenvalue weighted by Gasteiger charge is 2.29. The Morgan fingerprint density at radius 1 is 1.10 bits per heavy atom. The summed E-state index contributed by atoms with van der Waals surface area (Å²) < 4.78 is 0. The van der Waals surface area contributed by atoms with Crippen LogP contribution in [0.25, 0.3) is 0 Å². The molecule has 3 aliphatic rings. The van der Waals surface area contributed by atoms with E-state index in [2.05, 4.69) is 45.8 Å². The summed E-state index contributed by atoms with van der Waals surface area (Å²) in [5, 5.41) is 7.07. The lowest BCUT2D eigenvalue weighted by Crippen LogP contribution is -2.30. The zero-order valence-corrected chi connectivity index (χ0v) is 11.7. The first-order valence-electron chi connectivity index (χ1n) is 7.71. The lowest BCUT2D eigenvalue weighted by molar-refractivity contribution is 0.616. The Labute approximate surface area is 120 Å². The maximum Gasteiger partial charge on any atom is 0.0753 e.